The molecular weight excluding hydrogens is 783 g/mol. The fraction of sp³-hybridized carbons (Fsp3) is 0. The second kappa shape index (κ2) is 14.4. The van der Waals surface area contributed by atoms with Crippen molar-refractivity contribution < 1.29 is 4.42 Å². The number of hydrogen-bond donors (Lipinski definition) is 0. The third-order valence-electron chi connectivity index (χ3n) is 12.5. The molecule has 0 fully saturated rings. The maximum Gasteiger partial charge on any atom is 0.227 e. The largest absolute Gasteiger partial charge is 0.438 e. The monoisotopic (exact) mass is 817 g/mol. The molecule has 64 heavy (non-hydrogen) atoms. The van der Waals surface area contributed by atoms with Crippen molar-refractivity contribution in [2.24, 2.45) is 0 Å². The Labute approximate surface area is 367 Å². The lowest BCUT2D eigenvalue weighted by Gasteiger charge is -2.12. The van der Waals surface area contributed by atoms with E-state index in [2.05, 4.69) is 179 Å². The standard InChI is InChI=1S/C58H35N5O/c1-2-10-36(11-3-1)38-19-22-40(23-20-38)55-60-56(62-57(61-55)47-16-8-18-52-54(47)48-17-9-33-59-58(48)64-52)41-25-29-45(30-26-41)63-50-31-28-44(43-24-21-37-12-4-5-14-42(37)34-43)35-49(50)53-46-15-7-6-13-39(46)27-32-51(53)63/h1-35H. The number of pyridine rings is 1. The first kappa shape index (κ1) is 36.0. The van der Waals surface area contributed by atoms with Gasteiger partial charge in [-0.3, -0.25) is 0 Å². The molecule has 0 spiro atoms. The lowest BCUT2D eigenvalue weighted by molar-refractivity contribution is 0.654. The minimum absolute atomic E-state index is 0.560. The second-order valence-corrected chi connectivity index (χ2v) is 16.2. The lowest BCUT2D eigenvalue weighted by atomic mass is 9.98. The molecule has 0 aliphatic heterocycles. The number of aromatic nitrogens is 5. The highest BCUT2D eigenvalue weighted by Gasteiger charge is 2.20. The van der Waals surface area contributed by atoms with Gasteiger partial charge in [-0.25, -0.2) is 19.9 Å². The Morgan fingerprint density at radius 1 is 0.359 bits per heavy atom. The minimum atomic E-state index is 0.560. The molecule has 298 valence electrons. The van der Waals surface area contributed by atoms with E-state index < -0.39 is 0 Å². The molecule has 0 bridgehead atoms. The van der Waals surface area contributed by atoms with E-state index in [0.717, 1.165) is 60.9 Å². The first-order valence-corrected chi connectivity index (χ1v) is 21.4. The van der Waals surface area contributed by atoms with Crippen LogP contribution in [-0.4, -0.2) is 24.5 Å². The predicted molar refractivity (Wildman–Crippen MR) is 261 cm³/mol. The van der Waals surface area contributed by atoms with Gasteiger partial charge in [-0.05, 0) is 111 Å². The van der Waals surface area contributed by atoms with Gasteiger partial charge in [0.2, 0.25) is 5.71 Å². The quantitative estimate of drug-likeness (QED) is 0.167. The van der Waals surface area contributed by atoms with E-state index in [0.29, 0.717) is 23.2 Å². The molecule has 0 radical (unpaired) electrons. The van der Waals surface area contributed by atoms with Crippen LogP contribution in [0.5, 0.6) is 0 Å². The van der Waals surface area contributed by atoms with Gasteiger partial charge in [0.05, 0.1) is 11.0 Å². The highest BCUT2D eigenvalue weighted by atomic mass is 16.3. The van der Waals surface area contributed by atoms with Crippen LogP contribution in [-0.2, 0) is 0 Å². The van der Waals surface area contributed by atoms with E-state index in [-0.39, 0.29) is 0 Å². The molecule has 13 aromatic rings. The van der Waals surface area contributed by atoms with Crippen molar-refractivity contribution in [3.8, 4) is 62.1 Å². The number of furan rings is 1. The topological polar surface area (TPSA) is 69.6 Å². The molecule has 4 aromatic heterocycles. The zero-order valence-corrected chi connectivity index (χ0v) is 34.4. The Morgan fingerprint density at radius 3 is 1.80 bits per heavy atom. The zero-order valence-electron chi connectivity index (χ0n) is 34.4. The molecule has 0 saturated carbocycles. The summed E-state index contributed by atoms with van der Waals surface area (Å²) in [7, 11) is 0. The van der Waals surface area contributed by atoms with Gasteiger partial charge in [0.25, 0.3) is 0 Å². The van der Waals surface area contributed by atoms with E-state index in [4.69, 9.17) is 19.4 Å². The Morgan fingerprint density at radius 2 is 0.969 bits per heavy atom. The van der Waals surface area contributed by atoms with E-state index >= 15 is 0 Å². The summed E-state index contributed by atoms with van der Waals surface area (Å²) in [6.45, 7) is 0. The van der Waals surface area contributed by atoms with E-state index in [1.165, 1.54) is 43.4 Å². The van der Waals surface area contributed by atoms with Crippen LogP contribution in [0, 0.1) is 0 Å². The first-order chi connectivity index (χ1) is 31.7. The normalized spacial score (nSPS) is 11.8. The number of hydrogen-bond acceptors (Lipinski definition) is 5. The number of nitrogens with zero attached hydrogens (tertiary/aromatic N) is 5. The van der Waals surface area contributed by atoms with Gasteiger partial charge in [-0.15, -0.1) is 0 Å². The molecule has 0 unspecified atom stereocenters. The minimum Gasteiger partial charge on any atom is -0.438 e. The van der Waals surface area contributed by atoms with E-state index in [9.17, 15) is 0 Å². The third kappa shape index (κ3) is 5.88. The van der Waals surface area contributed by atoms with E-state index in [1.807, 2.05) is 36.4 Å². The highest BCUT2D eigenvalue weighted by Crippen LogP contribution is 2.40. The van der Waals surface area contributed by atoms with Crippen molar-refractivity contribution in [1.82, 2.24) is 24.5 Å². The van der Waals surface area contributed by atoms with Gasteiger partial charge in [-0.1, -0.05) is 140 Å². The Hall–Kier alpha value is -8.74. The van der Waals surface area contributed by atoms with Crippen LogP contribution < -0.4 is 0 Å². The van der Waals surface area contributed by atoms with Gasteiger partial charge < -0.3 is 8.98 Å². The molecule has 0 aliphatic rings. The van der Waals surface area contributed by atoms with Crippen LogP contribution in [0.3, 0.4) is 0 Å². The Bertz CT molecular complexity index is 3940. The van der Waals surface area contributed by atoms with Crippen LogP contribution in [0.2, 0.25) is 0 Å². The van der Waals surface area contributed by atoms with Gasteiger partial charge in [0, 0.05) is 50.1 Å². The molecule has 6 nitrogen and oxygen atoms in total. The average molecular weight is 818 g/mol. The second-order valence-electron chi connectivity index (χ2n) is 16.2. The Balaban J connectivity index is 0.962. The SMILES string of the molecule is c1ccc(-c2ccc(-c3nc(-c4ccc(-n5c6ccc(-c7ccc8ccccc8c7)cc6c6c7ccccc7ccc65)cc4)nc(-c4cccc5oc6ncccc6c45)n3)cc2)cc1. The average Bonchev–Trinajstić information content (AvgIpc) is 3.92. The summed E-state index contributed by atoms with van der Waals surface area (Å²) >= 11 is 0. The molecule has 13 rings (SSSR count). The van der Waals surface area contributed by atoms with Gasteiger partial charge in [-0.2, -0.15) is 0 Å². The molecule has 0 atom stereocenters. The van der Waals surface area contributed by atoms with Crippen molar-refractivity contribution in [2.75, 3.05) is 0 Å². The molecule has 6 heteroatoms. The van der Waals surface area contributed by atoms with Gasteiger partial charge in [0.15, 0.2) is 17.5 Å². The van der Waals surface area contributed by atoms with E-state index in [1.54, 1.807) is 6.20 Å². The van der Waals surface area contributed by atoms with Crippen molar-refractivity contribution >= 4 is 65.4 Å². The maximum atomic E-state index is 6.19. The van der Waals surface area contributed by atoms with Crippen LogP contribution in [0.4, 0.5) is 0 Å². The van der Waals surface area contributed by atoms with Crippen molar-refractivity contribution in [1.29, 1.82) is 0 Å². The molecule has 0 aliphatic carbocycles. The smallest absolute Gasteiger partial charge is 0.227 e. The van der Waals surface area contributed by atoms with Crippen LogP contribution in [0.25, 0.3) is 128 Å². The van der Waals surface area contributed by atoms with Crippen molar-refractivity contribution in [2.45, 2.75) is 0 Å². The number of rotatable bonds is 6. The summed E-state index contributed by atoms with van der Waals surface area (Å²) in [6, 6.07) is 72.7. The molecule has 0 amide bonds. The summed E-state index contributed by atoms with van der Waals surface area (Å²) in [6.07, 6.45) is 1.75. The predicted octanol–water partition coefficient (Wildman–Crippen LogP) is 14.9. The van der Waals surface area contributed by atoms with Crippen LogP contribution in [0.15, 0.2) is 217 Å². The summed E-state index contributed by atoms with van der Waals surface area (Å²) in [5.74, 6) is 1.72. The fourth-order valence-corrected chi connectivity index (χ4v) is 9.42. The van der Waals surface area contributed by atoms with Crippen molar-refractivity contribution in [3.63, 3.8) is 0 Å². The van der Waals surface area contributed by atoms with Crippen molar-refractivity contribution in [3.05, 3.63) is 212 Å². The third-order valence-corrected chi connectivity index (χ3v) is 12.5. The summed E-state index contributed by atoms with van der Waals surface area (Å²) in [5.41, 5.74) is 11.9. The maximum absolute atomic E-state index is 6.19. The first-order valence-electron chi connectivity index (χ1n) is 21.4. The molecular formula is C58H35N5O. The summed E-state index contributed by atoms with van der Waals surface area (Å²) in [4.78, 5) is 20.0. The summed E-state index contributed by atoms with van der Waals surface area (Å²) in [5, 5.41) is 9.20. The zero-order chi connectivity index (χ0) is 42.1. The summed E-state index contributed by atoms with van der Waals surface area (Å²) < 4.78 is 8.57. The fourth-order valence-electron chi connectivity index (χ4n) is 9.42. The molecule has 4 heterocycles. The number of benzene rings is 9. The molecule has 9 aromatic carbocycles. The molecule has 0 N–H and O–H groups in total. The van der Waals surface area contributed by atoms with Gasteiger partial charge in [0.1, 0.15) is 5.58 Å². The highest BCUT2D eigenvalue weighted by molar-refractivity contribution is 6.22. The number of fused-ring (bicyclic) bond motifs is 9. The molecule has 0 saturated heterocycles. The van der Waals surface area contributed by atoms with Gasteiger partial charge >= 0.3 is 0 Å². The van der Waals surface area contributed by atoms with Crippen LogP contribution >= 0.6 is 0 Å². The Kier molecular flexibility index (Phi) is 8.11. The van der Waals surface area contributed by atoms with Crippen LogP contribution in [0.1, 0.15) is 0 Å². The lowest BCUT2D eigenvalue weighted by Crippen LogP contribution is -2.01.